The van der Waals surface area contributed by atoms with Crippen molar-refractivity contribution in [3.05, 3.63) is 30.1 Å². The number of Topliss-reactive ketones (excluding diaryl/α,β-unsaturated/α-hetero) is 1. The van der Waals surface area contributed by atoms with Gasteiger partial charge < -0.3 is 5.11 Å². The zero-order valence-electron chi connectivity index (χ0n) is 10.2. The number of carbonyl (C=O) groups excluding carboxylic acids is 1. The quantitative estimate of drug-likeness (QED) is 0.812. The topological polar surface area (TPSA) is 67.3 Å². The van der Waals surface area contributed by atoms with E-state index in [0.717, 1.165) is 25.7 Å². The molecule has 1 atom stereocenters. The first kappa shape index (κ1) is 12.7. The Labute approximate surface area is 106 Å². The Morgan fingerprint density at radius 3 is 2.61 bits per heavy atom. The number of hydrogen-bond acceptors (Lipinski definition) is 3. The fourth-order valence-corrected chi connectivity index (χ4v) is 2.72. The minimum absolute atomic E-state index is 0.0833. The van der Waals surface area contributed by atoms with Gasteiger partial charge in [0, 0.05) is 12.1 Å². The molecule has 1 unspecified atom stereocenters. The molecule has 0 aliphatic heterocycles. The molecule has 4 heteroatoms. The van der Waals surface area contributed by atoms with E-state index in [9.17, 15) is 9.59 Å². The van der Waals surface area contributed by atoms with Crippen LogP contribution in [0.25, 0.3) is 0 Å². The minimum atomic E-state index is -0.906. The fraction of sp³-hybridized carbons (Fsp3) is 0.500. The smallest absolute Gasteiger partial charge is 0.304 e. The summed E-state index contributed by atoms with van der Waals surface area (Å²) in [4.78, 5) is 27.3. The Bertz CT molecular complexity index is 424. The number of rotatable bonds is 5. The van der Waals surface area contributed by atoms with E-state index in [-0.39, 0.29) is 18.1 Å². The molecule has 4 nitrogen and oxygen atoms in total. The van der Waals surface area contributed by atoms with Gasteiger partial charge in [-0.05, 0) is 30.9 Å². The van der Waals surface area contributed by atoms with E-state index in [1.54, 1.807) is 24.4 Å². The van der Waals surface area contributed by atoms with Gasteiger partial charge in [0.05, 0.1) is 6.42 Å². The summed E-state index contributed by atoms with van der Waals surface area (Å²) in [5, 5.41) is 8.97. The average Bonchev–Trinajstić information content (AvgIpc) is 2.89. The van der Waals surface area contributed by atoms with E-state index < -0.39 is 11.9 Å². The molecule has 96 valence electrons. The highest BCUT2D eigenvalue weighted by Crippen LogP contribution is 2.34. The molecule has 0 spiro atoms. The van der Waals surface area contributed by atoms with Gasteiger partial charge in [0.25, 0.3) is 0 Å². The third kappa shape index (κ3) is 2.94. The molecule has 0 aromatic carbocycles. The summed E-state index contributed by atoms with van der Waals surface area (Å²) in [6.45, 7) is 0. The first-order valence-electron chi connectivity index (χ1n) is 6.35. The first-order valence-corrected chi connectivity index (χ1v) is 6.35. The molecule has 1 aromatic heterocycles. The van der Waals surface area contributed by atoms with Gasteiger partial charge >= 0.3 is 5.97 Å². The van der Waals surface area contributed by atoms with Crippen LogP contribution in [0.2, 0.25) is 0 Å². The number of hydrogen-bond donors (Lipinski definition) is 1. The van der Waals surface area contributed by atoms with Crippen molar-refractivity contribution in [1.29, 1.82) is 0 Å². The largest absolute Gasteiger partial charge is 0.481 e. The van der Waals surface area contributed by atoms with Gasteiger partial charge in [-0.1, -0.05) is 18.9 Å². The summed E-state index contributed by atoms with van der Waals surface area (Å²) in [7, 11) is 0. The lowest BCUT2D eigenvalue weighted by atomic mass is 9.83. The molecule has 0 bridgehead atoms. The van der Waals surface area contributed by atoms with Gasteiger partial charge in [-0.25, -0.2) is 0 Å². The van der Waals surface area contributed by atoms with Gasteiger partial charge in [-0.3, -0.25) is 14.6 Å². The van der Waals surface area contributed by atoms with Crippen LogP contribution in [0, 0.1) is 11.8 Å². The zero-order chi connectivity index (χ0) is 13.0. The third-order valence-electron chi connectivity index (χ3n) is 3.62. The molecule has 1 N–H and O–H groups in total. The Morgan fingerprint density at radius 1 is 1.33 bits per heavy atom. The van der Waals surface area contributed by atoms with Crippen molar-refractivity contribution < 1.29 is 14.7 Å². The molecule has 1 saturated carbocycles. The van der Waals surface area contributed by atoms with Crippen molar-refractivity contribution in [3.8, 4) is 0 Å². The number of carbonyl (C=O) groups is 2. The van der Waals surface area contributed by atoms with Crippen LogP contribution in [0.1, 0.15) is 42.6 Å². The van der Waals surface area contributed by atoms with Crippen molar-refractivity contribution in [2.45, 2.75) is 32.1 Å². The highest BCUT2D eigenvalue weighted by Gasteiger charge is 2.33. The van der Waals surface area contributed by atoms with E-state index in [1.165, 1.54) is 0 Å². The Morgan fingerprint density at radius 2 is 2.06 bits per heavy atom. The molecule has 1 aromatic rings. The molecule has 0 amide bonds. The van der Waals surface area contributed by atoms with Gasteiger partial charge in [0.2, 0.25) is 0 Å². The lowest BCUT2D eigenvalue weighted by molar-refractivity contribution is -0.138. The van der Waals surface area contributed by atoms with Gasteiger partial charge in [0.15, 0.2) is 5.78 Å². The molecule has 1 aliphatic carbocycles. The monoisotopic (exact) mass is 247 g/mol. The maximum absolute atomic E-state index is 12.3. The average molecular weight is 247 g/mol. The van der Waals surface area contributed by atoms with Gasteiger partial charge in [-0.15, -0.1) is 0 Å². The van der Waals surface area contributed by atoms with Crippen molar-refractivity contribution in [2.24, 2.45) is 11.8 Å². The summed E-state index contributed by atoms with van der Waals surface area (Å²) in [6.07, 6.45) is 5.58. The predicted molar refractivity (Wildman–Crippen MR) is 66.3 cm³/mol. The summed E-state index contributed by atoms with van der Waals surface area (Å²) >= 11 is 0. The number of carboxylic acids is 1. The van der Waals surface area contributed by atoms with Crippen LogP contribution in [0.3, 0.4) is 0 Å². The van der Waals surface area contributed by atoms with Crippen LogP contribution < -0.4 is 0 Å². The molecule has 1 aliphatic rings. The fourth-order valence-electron chi connectivity index (χ4n) is 2.72. The molecule has 2 rings (SSSR count). The standard InChI is InChI=1S/C14H17NO3/c16-13(17)9-11(10-5-1-2-6-10)14(18)12-7-3-4-8-15-12/h3-4,7-8,10-11H,1-2,5-6,9H2,(H,16,17). The van der Waals surface area contributed by atoms with E-state index in [4.69, 9.17) is 5.11 Å². The summed E-state index contributed by atoms with van der Waals surface area (Å²) in [6, 6.07) is 5.16. The maximum Gasteiger partial charge on any atom is 0.304 e. The molecule has 1 heterocycles. The lowest BCUT2D eigenvalue weighted by Gasteiger charge is -2.19. The highest BCUT2D eigenvalue weighted by molar-refractivity contribution is 5.97. The number of aliphatic carboxylic acids is 1. The Hall–Kier alpha value is -1.71. The molecule has 0 radical (unpaired) electrons. The van der Waals surface area contributed by atoms with E-state index in [1.807, 2.05) is 0 Å². The van der Waals surface area contributed by atoms with Crippen LogP contribution >= 0.6 is 0 Å². The number of aromatic nitrogens is 1. The predicted octanol–water partition coefficient (Wildman–Crippen LogP) is 2.55. The molecule has 1 fully saturated rings. The number of ketones is 1. The van der Waals surface area contributed by atoms with Crippen molar-refractivity contribution in [1.82, 2.24) is 4.98 Å². The SMILES string of the molecule is O=C(O)CC(C(=O)c1ccccn1)C1CCCC1. The molecule has 0 saturated heterocycles. The third-order valence-corrected chi connectivity index (χ3v) is 3.62. The van der Waals surface area contributed by atoms with Crippen LogP contribution in [-0.4, -0.2) is 21.8 Å². The van der Waals surface area contributed by atoms with Gasteiger partial charge in [0.1, 0.15) is 5.69 Å². The number of nitrogens with zero attached hydrogens (tertiary/aromatic N) is 1. The van der Waals surface area contributed by atoms with Crippen LogP contribution in [-0.2, 0) is 4.79 Å². The van der Waals surface area contributed by atoms with E-state index in [0.29, 0.717) is 5.69 Å². The van der Waals surface area contributed by atoms with Crippen molar-refractivity contribution >= 4 is 11.8 Å². The second-order valence-corrected chi connectivity index (χ2v) is 4.83. The lowest BCUT2D eigenvalue weighted by Crippen LogP contribution is -2.26. The van der Waals surface area contributed by atoms with Crippen LogP contribution in [0.4, 0.5) is 0 Å². The summed E-state index contributed by atoms with van der Waals surface area (Å²) in [5.41, 5.74) is 0.385. The Kier molecular flexibility index (Phi) is 4.07. The number of carboxylic acid groups (broad SMARTS) is 1. The first-order chi connectivity index (χ1) is 8.68. The van der Waals surface area contributed by atoms with Crippen molar-refractivity contribution in [2.75, 3.05) is 0 Å². The van der Waals surface area contributed by atoms with E-state index in [2.05, 4.69) is 4.98 Å². The molecular weight excluding hydrogens is 230 g/mol. The minimum Gasteiger partial charge on any atom is -0.481 e. The van der Waals surface area contributed by atoms with E-state index >= 15 is 0 Å². The normalized spacial score (nSPS) is 17.6. The second kappa shape index (κ2) is 5.76. The van der Waals surface area contributed by atoms with Crippen molar-refractivity contribution in [3.63, 3.8) is 0 Å². The summed E-state index contributed by atoms with van der Waals surface area (Å²) < 4.78 is 0. The molecular formula is C14H17NO3. The Balaban J connectivity index is 2.17. The number of pyridine rings is 1. The zero-order valence-corrected chi connectivity index (χ0v) is 10.2. The summed E-state index contributed by atoms with van der Waals surface area (Å²) in [5.74, 6) is -1.24. The molecule has 18 heavy (non-hydrogen) atoms. The highest BCUT2D eigenvalue weighted by atomic mass is 16.4. The second-order valence-electron chi connectivity index (χ2n) is 4.83. The van der Waals surface area contributed by atoms with Crippen LogP contribution in [0.5, 0.6) is 0 Å². The van der Waals surface area contributed by atoms with Gasteiger partial charge in [-0.2, -0.15) is 0 Å². The van der Waals surface area contributed by atoms with Crippen LogP contribution in [0.15, 0.2) is 24.4 Å². The maximum atomic E-state index is 12.3.